The fourth-order valence-electron chi connectivity index (χ4n) is 3.08. The molecule has 0 aromatic heterocycles. The van der Waals surface area contributed by atoms with Crippen LogP contribution in [0, 0.1) is 5.41 Å². The summed E-state index contributed by atoms with van der Waals surface area (Å²) in [7, 11) is 0. The minimum atomic E-state index is -1.15. The Morgan fingerprint density at radius 3 is 2.48 bits per heavy atom. The second kappa shape index (κ2) is 7.97. The van der Waals surface area contributed by atoms with E-state index in [2.05, 4.69) is 10.2 Å². The summed E-state index contributed by atoms with van der Waals surface area (Å²) < 4.78 is 0. The van der Waals surface area contributed by atoms with Crippen molar-refractivity contribution in [2.24, 2.45) is 5.41 Å². The molecule has 1 aromatic rings. The number of carboxylic acid groups (broad SMARTS) is 1. The first-order valence-corrected chi connectivity index (χ1v) is 7.48. The Bertz CT molecular complexity index is 545. The molecular formula is C16H25ClN2O4. The number of carbonyl (C=O) groups is 1. The van der Waals surface area contributed by atoms with Gasteiger partial charge in [-0.15, -0.1) is 12.4 Å². The molecule has 1 aliphatic heterocycles. The van der Waals surface area contributed by atoms with Crippen LogP contribution >= 0.6 is 12.4 Å². The fraction of sp³-hybridized carbons (Fsp3) is 0.562. The molecule has 4 N–H and O–H groups in total. The van der Waals surface area contributed by atoms with Crippen LogP contribution in [-0.2, 0) is 0 Å². The Labute approximate surface area is 142 Å². The lowest BCUT2D eigenvalue weighted by atomic mass is 9.79. The van der Waals surface area contributed by atoms with E-state index in [1.165, 1.54) is 12.1 Å². The number of hydrogen-bond donors (Lipinski definition) is 4. The highest BCUT2D eigenvalue weighted by Gasteiger charge is 2.36. The Balaban J connectivity index is 0.00000264. The van der Waals surface area contributed by atoms with Crippen LogP contribution in [0.1, 0.15) is 35.8 Å². The molecule has 0 unspecified atom stereocenters. The molecule has 130 valence electrons. The molecule has 0 spiro atoms. The van der Waals surface area contributed by atoms with Crippen LogP contribution in [0.3, 0.4) is 0 Å². The number of halogens is 1. The van der Waals surface area contributed by atoms with Crippen molar-refractivity contribution >= 4 is 18.4 Å². The molecular weight excluding hydrogens is 320 g/mol. The molecule has 0 amide bonds. The van der Waals surface area contributed by atoms with Crippen molar-refractivity contribution in [1.29, 1.82) is 0 Å². The summed E-state index contributed by atoms with van der Waals surface area (Å²) in [5.41, 5.74) is 0.270. The maximum atomic E-state index is 11.3. The number of piperazine rings is 1. The van der Waals surface area contributed by atoms with E-state index in [9.17, 15) is 20.1 Å². The van der Waals surface area contributed by atoms with Gasteiger partial charge in [-0.25, -0.2) is 4.79 Å². The first kappa shape index (κ1) is 19.7. The van der Waals surface area contributed by atoms with Crippen molar-refractivity contribution in [3.8, 4) is 5.75 Å². The second-order valence-electron chi connectivity index (χ2n) is 6.42. The minimum absolute atomic E-state index is 0. The summed E-state index contributed by atoms with van der Waals surface area (Å²) in [5, 5.41) is 32.0. The molecule has 1 saturated heterocycles. The van der Waals surface area contributed by atoms with Gasteiger partial charge < -0.3 is 20.6 Å². The van der Waals surface area contributed by atoms with Gasteiger partial charge in [0.25, 0.3) is 0 Å². The van der Waals surface area contributed by atoms with Crippen molar-refractivity contribution in [1.82, 2.24) is 10.2 Å². The highest BCUT2D eigenvalue weighted by molar-refractivity contribution is 5.91. The van der Waals surface area contributed by atoms with Crippen LogP contribution in [0.2, 0.25) is 0 Å². The summed E-state index contributed by atoms with van der Waals surface area (Å²) >= 11 is 0. The van der Waals surface area contributed by atoms with Crippen molar-refractivity contribution in [2.75, 3.05) is 32.8 Å². The minimum Gasteiger partial charge on any atom is -0.507 e. The summed E-state index contributed by atoms with van der Waals surface area (Å²) in [6.45, 7) is 7.31. The average molecular weight is 345 g/mol. The monoisotopic (exact) mass is 344 g/mol. The summed E-state index contributed by atoms with van der Waals surface area (Å²) in [5.74, 6) is -1.39. The standard InChI is InChI=1S/C16H24N2O4.ClH/c1-16(2,10-19)14(18-7-5-17-6-8-18)11-3-4-13(20)12(9-11)15(21)22;/h3-4,9,14,17,19-20H,5-8,10H2,1-2H3,(H,21,22);1H/t14-;/m1./s1. The topological polar surface area (TPSA) is 93.0 Å². The van der Waals surface area contributed by atoms with Crippen molar-refractivity contribution in [3.63, 3.8) is 0 Å². The van der Waals surface area contributed by atoms with E-state index in [4.69, 9.17) is 0 Å². The van der Waals surface area contributed by atoms with Gasteiger partial charge in [-0.1, -0.05) is 19.9 Å². The Hall–Kier alpha value is -1.34. The number of aromatic hydroxyl groups is 1. The molecule has 1 aliphatic rings. The van der Waals surface area contributed by atoms with Gasteiger partial charge in [-0.05, 0) is 17.7 Å². The molecule has 23 heavy (non-hydrogen) atoms. The molecule has 1 atom stereocenters. The quantitative estimate of drug-likeness (QED) is 0.646. The third kappa shape index (κ3) is 4.35. The summed E-state index contributed by atoms with van der Waals surface area (Å²) in [6.07, 6.45) is 0. The van der Waals surface area contributed by atoms with E-state index in [0.717, 1.165) is 31.7 Å². The van der Waals surface area contributed by atoms with Crippen LogP contribution in [0.4, 0.5) is 0 Å². The van der Waals surface area contributed by atoms with E-state index < -0.39 is 11.4 Å². The van der Waals surface area contributed by atoms with Gasteiger partial charge in [0.1, 0.15) is 11.3 Å². The van der Waals surface area contributed by atoms with Crippen molar-refractivity contribution in [2.45, 2.75) is 19.9 Å². The third-order valence-electron chi connectivity index (χ3n) is 4.23. The van der Waals surface area contributed by atoms with Crippen LogP contribution in [-0.4, -0.2) is 59.0 Å². The second-order valence-corrected chi connectivity index (χ2v) is 6.42. The zero-order chi connectivity index (χ0) is 16.3. The Kier molecular flexibility index (Phi) is 6.83. The SMILES string of the molecule is CC(C)(CO)[C@@H](c1ccc(O)c(C(=O)O)c1)N1CCNCC1.Cl. The van der Waals surface area contributed by atoms with Crippen LogP contribution in [0.25, 0.3) is 0 Å². The van der Waals surface area contributed by atoms with E-state index >= 15 is 0 Å². The number of aromatic carboxylic acids is 1. The molecule has 0 aliphatic carbocycles. The molecule has 0 bridgehead atoms. The Morgan fingerprint density at radius 1 is 1.35 bits per heavy atom. The lowest BCUT2D eigenvalue weighted by Gasteiger charge is -2.43. The molecule has 1 fully saturated rings. The number of phenols is 1. The average Bonchev–Trinajstić information content (AvgIpc) is 2.50. The zero-order valence-electron chi connectivity index (χ0n) is 13.5. The van der Waals surface area contributed by atoms with Gasteiger partial charge in [0.05, 0.1) is 0 Å². The molecule has 0 saturated carbocycles. The number of benzene rings is 1. The molecule has 2 rings (SSSR count). The van der Waals surface area contributed by atoms with Crippen molar-refractivity contribution in [3.05, 3.63) is 29.3 Å². The highest BCUT2D eigenvalue weighted by Crippen LogP contribution is 2.39. The van der Waals surface area contributed by atoms with Crippen LogP contribution in [0.15, 0.2) is 18.2 Å². The van der Waals surface area contributed by atoms with Gasteiger partial charge in [-0.2, -0.15) is 0 Å². The smallest absolute Gasteiger partial charge is 0.339 e. The normalized spacial score (nSPS) is 17.3. The fourth-order valence-corrected chi connectivity index (χ4v) is 3.08. The lowest BCUT2D eigenvalue weighted by Crippen LogP contribution is -2.49. The number of aliphatic hydroxyl groups excluding tert-OH is 1. The van der Waals surface area contributed by atoms with Gasteiger partial charge >= 0.3 is 5.97 Å². The van der Waals surface area contributed by atoms with E-state index in [1.54, 1.807) is 6.07 Å². The predicted octanol–water partition coefficient (Wildman–Crippen LogP) is 1.48. The largest absolute Gasteiger partial charge is 0.507 e. The van der Waals surface area contributed by atoms with Gasteiger partial charge in [0, 0.05) is 44.2 Å². The van der Waals surface area contributed by atoms with Crippen molar-refractivity contribution < 1.29 is 20.1 Å². The molecule has 6 nitrogen and oxygen atoms in total. The summed E-state index contributed by atoms with van der Waals surface area (Å²) in [6, 6.07) is 4.56. The Morgan fingerprint density at radius 2 is 1.96 bits per heavy atom. The van der Waals surface area contributed by atoms with E-state index in [1.807, 2.05) is 13.8 Å². The first-order valence-electron chi connectivity index (χ1n) is 7.48. The first-order chi connectivity index (χ1) is 10.4. The van der Waals surface area contributed by atoms with E-state index in [-0.39, 0.29) is 36.4 Å². The van der Waals surface area contributed by atoms with Gasteiger partial charge in [0.2, 0.25) is 0 Å². The van der Waals surface area contributed by atoms with E-state index in [0.29, 0.717) is 0 Å². The maximum Gasteiger partial charge on any atom is 0.339 e. The third-order valence-corrected chi connectivity index (χ3v) is 4.23. The maximum absolute atomic E-state index is 11.3. The molecule has 1 heterocycles. The zero-order valence-corrected chi connectivity index (χ0v) is 14.3. The number of carboxylic acids is 1. The number of nitrogens with one attached hydrogen (secondary N) is 1. The number of rotatable bonds is 5. The highest BCUT2D eigenvalue weighted by atomic mass is 35.5. The number of aliphatic hydroxyl groups is 1. The molecule has 1 aromatic carbocycles. The van der Waals surface area contributed by atoms with Crippen LogP contribution in [0.5, 0.6) is 5.75 Å². The summed E-state index contributed by atoms with van der Waals surface area (Å²) in [4.78, 5) is 13.5. The van der Waals surface area contributed by atoms with Gasteiger partial charge in [0.15, 0.2) is 0 Å². The van der Waals surface area contributed by atoms with Crippen LogP contribution < -0.4 is 5.32 Å². The number of hydrogen-bond acceptors (Lipinski definition) is 5. The van der Waals surface area contributed by atoms with Gasteiger partial charge in [-0.3, -0.25) is 4.90 Å². The predicted molar refractivity (Wildman–Crippen MR) is 90.4 cm³/mol. The molecule has 0 radical (unpaired) electrons. The molecule has 7 heteroatoms. The lowest BCUT2D eigenvalue weighted by molar-refractivity contribution is 0.0304. The number of nitrogens with zero attached hydrogens (tertiary/aromatic N) is 1.